The van der Waals surface area contributed by atoms with E-state index in [0.29, 0.717) is 25.9 Å². The van der Waals surface area contributed by atoms with Gasteiger partial charge in [0, 0.05) is 13.1 Å². The van der Waals surface area contributed by atoms with Crippen LogP contribution in [0.3, 0.4) is 0 Å². The van der Waals surface area contributed by atoms with Gasteiger partial charge in [-0.3, -0.25) is 4.79 Å². The molecule has 1 rings (SSSR count). The summed E-state index contributed by atoms with van der Waals surface area (Å²) in [4.78, 5) is 11.4. The summed E-state index contributed by atoms with van der Waals surface area (Å²) in [6, 6.07) is -0.667. The number of hydrogen-bond acceptors (Lipinski definition) is 4. The lowest BCUT2D eigenvalue weighted by Gasteiger charge is -2.22. The molecule has 0 amide bonds. The lowest BCUT2D eigenvalue weighted by atomic mass is 10.2. The smallest absolute Gasteiger partial charge is 0.324 e. The molecule has 16 heavy (non-hydrogen) atoms. The minimum atomic E-state index is -3.54. The van der Waals surface area contributed by atoms with Crippen LogP contribution in [0, 0.1) is 0 Å². The number of rotatable bonds is 5. The summed E-state index contributed by atoms with van der Waals surface area (Å²) in [5.41, 5.74) is 0. The highest BCUT2D eigenvalue weighted by Crippen LogP contribution is 2.21. The first kappa shape index (κ1) is 13.4. The lowest BCUT2D eigenvalue weighted by molar-refractivity contribution is -0.144. The van der Waals surface area contributed by atoms with Gasteiger partial charge in [0.25, 0.3) is 10.2 Å². The van der Waals surface area contributed by atoms with E-state index in [4.69, 9.17) is 0 Å². The van der Waals surface area contributed by atoms with Gasteiger partial charge in [0.2, 0.25) is 0 Å². The molecule has 0 aromatic heterocycles. The number of carbonyl (C=O) groups is 1. The molecule has 0 saturated carbocycles. The van der Waals surface area contributed by atoms with Crippen molar-refractivity contribution in [1.82, 2.24) is 9.03 Å². The maximum absolute atomic E-state index is 11.8. The van der Waals surface area contributed by atoms with E-state index < -0.39 is 22.2 Å². The van der Waals surface area contributed by atoms with Crippen LogP contribution in [0.15, 0.2) is 0 Å². The second kappa shape index (κ2) is 5.60. The molecule has 0 spiro atoms. The Balaban J connectivity index is 2.74. The third kappa shape index (κ3) is 2.93. The predicted molar refractivity (Wildman–Crippen MR) is 59.0 cm³/mol. The Kier molecular flexibility index (Phi) is 4.69. The summed E-state index contributed by atoms with van der Waals surface area (Å²) in [5.74, 6) is -0.487. The van der Waals surface area contributed by atoms with E-state index >= 15 is 0 Å². The molecule has 1 aliphatic rings. The van der Waals surface area contributed by atoms with Gasteiger partial charge in [-0.05, 0) is 19.3 Å². The van der Waals surface area contributed by atoms with Gasteiger partial charge in [-0.25, -0.2) is 4.72 Å². The quantitative estimate of drug-likeness (QED) is 0.690. The Morgan fingerprint density at radius 1 is 1.56 bits per heavy atom. The van der Waals surface area contributed by atoms with E-state index in [-0.39, 0.29) is 0 Å². The molecular formula is C9H18N2O4S. The molecule has 0 aliphatic carbocycles. The molecule has 7 heteroatoms. The maximum atomic E-state index is 11.8. The number of nitrogens with zero attached hydrogens (tertiary/aromatic N) is 1. The molecule has 0 aromatic carbocycles. The van der Waals surface area contributed by atoms with Crippen molar-refractivity contribution >= 4 is 16.2 Å². The van der Waals surface area contributed by atoms with Crippen molar-refractivity contribution in [2.45, 2.75) is 32.2 Å². The van der Waals surface area contributed by atoms with Crippen LogP contribution >= 0.6 is 0 Å². The fourth-order valence-corrected chi connectivity index (χ4v) is 3.24. The highest BCUT2D eigenvalue weighted by molar-refractivity contribution is 7.87. The molecule has 1 aliphatic heterocycles. The SMILES string of the molecule is CCCNS(=O)(=O)N1CCCC1C(=O)OC. The van der Waals surface area contributed by atoms with Crippen molar-refractivity contribution in [3.63, 3.8) is 0 Å². The largest absolute Gasteiger partial charge is 0.468 e. The minimum absolute atomic E-state index is 0.374. The summed E-state index contributed by atoms with van der Waals surface area (Å²) in [6.45, 7) is 2.63. The number of carbonyl (C=O) groups excluding carboxylic acids is 1. The average molecular weight is 250 g/mol. The van der Waals surface area contributed by atoms with Gasteiger partial charge >= 0.3 is 5.97 Å². The van der Waals surface area contributed by atoms with E-state index in [2.05, 4.69) is 9.46 Å². The van der Waals surface area contributed by atoms with Gasteiger partial charge in [0.1, 0.15) is 6.04 Å². The Morgan fingerprint density at radius 2 is 2.25 bits per heavy atom. The Bertz CT molecular complexity index is 341. The minimum Gasteiger partial charge on any atom is -0.468 e. The van der Waals surface area contributed by atoms with Crippen molar-refractivity contribution in [1.29, 1.82) is 0 Å². The van der Waals surface area contributed by atoms with Crippen molar-refractivity contribution in [2.75, 3.05) is 20.2 Å². The first-order valence-corrected chi connectivity index (χ1v) is 6.81. The zero-order valence-corrected chi connectivity index (χ0v) is 10.4. The van der Waals surface area contributed by atoms with E-state index in [1.54, 1.807) is 0 Å². The summed E-state index contributed by atoms with van der Waals surface area (Å²) in [7, 11) is -2.28. The third-order valence-corrected chi connectivity index (χ3v) is 4.14. The number of esters is 1. The molecule has 1 saturated heterocycles. The summed E-state index contributed by atoms with van der Waals surface area (Å²) in [6.07, 6.45) is 1.93. The van der Waals surface area contributed by atoms with Crippen molar-refractivity contribution < 1.29 is 17.9 Å². The molecule has 94 valence electrons. The lowest BCUT2D eigenvalue weighted by Crippen LogP contribution is -2.46. The van der Waals surface area contributed by atoms with Gasteiger partial charge in [0.05, 0.1) is 7.11 Å². The van der Waals surface area contributed by atoms with Crippen LogP contribution in [0.2, 0.25) is 0 Å². The number of nitrogens with one attached hydrogen (secondary N) is 1. The molecule has 1 heterocycles. The second-order valence-corrected chi connectivity index (χ2v) is 5.40. The number of hydrogen-bond donors (Lipinski definition) is 1. The summed E-state index contributed by atoms with van der Waals surface area (Å²) < 4.78 is 31.9. The normalized spacial score (nSPS) is 22.2. The Labute approximate surface area is 96.1 Å². The Morgan fingerprint density at radius 3 is 2.81 bits per heavy atom. The first-order valence-electron chi connectivity index (χ1n) is 5.37. The molecule has 1 N–H and O–H groups in total. The van der Waals surface area contributed by atoms with Gasteiger partial charge in [-0.1, -0.05) is 6.92 Å². The van der Waals surface area contributed by atoms with Crippen LogP contribution in [0.4, 0.5) is 0 Å². The maximum Gasteiger partial charge on any atom is 0.324 e. The zero-order chi connectivity index (χ0) is 12.2. The molecule has 0 aromatic rings. The van der Waals surface area contributed by atoms with Crippen molar-refractivity contribution in [3.05, 3.63) is 0 Å². The average Bonchev–Trinajstić information content (AvgIpc) is 2.75. The van der Waals surface area contributed by atoms with Crippen LogP contribution in [0.1, 0.15) is 26.2 Å². The van der Waals surface area contributed by atoms with Crippen LogP contribution in [-0.2, 0) is 19.7 Å². The zero-order valence-electron chi connectivity index (χ0n) is 9.60. The van der Waals surface area contributed by atoms with Crippen LogP contribution < -0.4 is 4.72 Å². The number of ether oxygens (including phenoxy) is 1. The molecule has 0 radical (unpaired) electrons. The Hall–Kier alpha value is -0.660. The fraction of sp³-hybridized carbons (Fsp3) is 0.889. The topological polar surface area (TPSA) is 75.7 Å². The standard InChI is InChI=1S/C9H18N2O4S/c1-3-6-10-16(13,14)11-7-4-5-8(11)9(12)15-2/h8,10H,3-7H2,1-2H3. The van der Waals surface area contributed by atoms with Gasteiger partial charge < -0.3 is 4.74 Å². The molecule has 0 bridgehead atoms. The molecule has 6 nitrogen and oxygen atoms in total. The van der Waals surface area contributed by atoms with Crippen LogP contribution in [0.5, 0.6) is 0 Å². The monoisotopic (exact) mass is 250 g/mol. The highest BCUT2D eigenvalue weighted by Gasteiger charge is 2.38. The first-order chi connectivity index (χ1) is 7.53. The van der Waals surface area contributed by atoms with Crippen LogP contribution in [0.25, 0.3) is 0 Å². The molecule has 1 fully saturated rings. The second-order valence-electron chi connectivity index (χ2n) is 3.69. The van der Waals surface area contributed by atoms with Gasteiger partial charge in [0.15, 0.2) is 0 Å². The third-order valence-electron chi connectivity index (χ3n) is 2.52. The highest BCUT2D eigenvalue weighted by atomic mass is 32.2. The van der Waals surface area contributed by atoms with E-state index in [0.717, 1.165) is 6.42 Å². The molecule has 1 atom stereocenters. The van der Waals surface area contributed by atoms with E-state index in [1.165, 1.54) is 11.4 Å². The van der Waals surface area contributed by atoms with Gasteiger partial charge in [-0.2, -0.15) is 12.7 Å². The van der Waals surface area contributed by atoms with Crippen molar-refractivity contribution in [3.8, 4) is 0 Å². The predicted octanol–water partition coefficient (Wildman–Crippen LogP) is -0.132. The fourth-order valence-electron chi connectivity index (χ4n) is 1.71. The van der Waals surface area contributed by atoms with Crippen molar-refractivity contribution in [2.24, 2.45) is 0 Å². The number of methoxy groups -OCH3 is 1. The summed E-state index contributed by atoms with van der Waals surface area (Å²) >= 11 is 0. The summed E-state index contributed by atoms with van der Waals surface area (Å²) in [5, 5.41) is 0. The van der Waals surface area contributed by atoms with E-state index in [1.807, 2.05) is 6.92 Å². The van der Waals surface area contributed by atoms with Crippen LogP contribution in [-0.4, -0.2) is 44.9 Å². The van der Waals surface area contributed by atoms with Gasteiger partial charge in [-0.15, -0.1) is 0 Å². The van der Waals surface area contributed by atoms with E-state index in [9.17, 15) is 13.2 Å². The molecule has 1 unspecified atom stereocenters. The molecular weight excluding hydrogens is 232 g/mol.